The molecule has 0 saturated carbocycles. The van der Waals surface area contributed by atoms with Crippen LogP contribution in [0.4, 0.5) is 0 Å². The average Bonchev–Trinajstić information content (AvgIpc) is 2.85. The van der Waals surface area contributed by atoms with E-state index in [4.69, 9.17) is 18.9 Å². The van der Waals surface area contributed by atoms with E-state index >= 15 is 0 Å². The van der Waals surface area contributed by atoms with Crippen molar-refractivity contribution in [3.05, 3.63) is 47.5 Å². The number of benzene rings is 2. The zero-order valence-corrected chi connectivity index (χ0v) is 20.2. The Labute approximate surface area is 215 Å². The summed E-state index contributed by atoms with van der Waals surface area (Å²) in [5.74, 6) is -5.12. The molecule has 1 fully saturated rings. The average molecular weight is 534 g/mol. The van der Waals surface area contributed by atoms with Crippen LogP contribution in [0.2, 0.25) is 0 Å². The Bertz CT molecular complexity index is 1240. The number of aliphatic hydroxyl groups excluding tert-OH is 2. The summed E-state index contributed by atoms with van der Waals surface area (Å²) < 4.78 is 20.8. The van der Waals surface area contributed by atoms with E-state index in [2.05, 4.69) is 0 Å². The first-order valence-corrected chi connectivity index (χ1v) is 11.2. The van der Waals surface area contributed by atoms with Gasteiger partial charge in [-0.05, 0) is 35.9 Å². The molecule has 1 aliphatic rings. The van der Waals surface area contributed by atoms with Gasteiger partial charge in [0.25, 0.3) is 0 Å². The molecule has 0 amide bonds. The van der Waals surface area contributed by atoms with Crippen LogP contribution < -0.4 is 4.74 Å². The van der Waals surface area contributed by atoms with Crippen molar-refractivity contribution in [3.8, 4) is 28.7 Å². The first-order chi connectivity index (χ1) is 17.9. The van der Waals surface area contributed by atoms with Gasteiger partial charge in [-0.3, -0.25) is 14.4 Å². The van der Waals surface area contributed by atoms with Gasteiger partial charge in [0.2, 0.25) is 12.0 Å². The molecular formula is C25H26O13. The molecule has 38 heavy (non-hydrogen) atoms. The van der Waals surface area contributed by atoms with Crippen LogP contribution in [0.15, 0.2) is 36.4 Å². The van der Waals surface area contributed by atoms with Gasteiger partial charge in [-0.1, -0.05) is 12.1 Å². The van der Waals surface area contributed by atoms with Crippen LogP contribution in [0.1, 0.15) is 29.8 Å². The van der Waals surface area contributed by atoms with E-state index in [0.717, 1.165) is 32.1 Å². The molecule has 0 aliphatic carbocycles. The largest absolute Gasteiger partial charge is 0.504 e. The number of phenolic OH excluding ortho intramolecular Hbond substituents is 4. The highest BCUT2D eigenvalue weighted by Gasteiger charge is 2.48. The summed E-state index contributed by atoms with van der Waals surface area (Å²) in [5.41, 5.74) is 0.0524. The van der Waals surface area contributed by atoms with Crippen molar-refractivity contribution < 1.29 is 64.0 Å². The minimum absolute atomic E-state index is 0.318. The third kappa shape index (κ3) is 6.51. The van der Waals surface area contributed by atoms with Gasteiger partial charge in [-0.15, -0.1) is 0 Å². The van der Waals surface area contributed by atoms with Crippen LogP contribution in [0.3, 0.4) is 0 Å². The predicted molar refractivity (Wildman–Crippen MR) is 126 cm³/mol. The summed E-state index contributed by atoms with van der Waals surface area (Å²) in [5, 5.41) is 60.6. The van der Waals surface area contributed by atoms with Crippen LogP contribution in [0, 0.1) is 0 Å². The van der Waals surface area contributed by atoms with E-state index in [-0.39, 0.29) is 11.3 Å². The topological polar surface area (TPSA) is 210 Å². The lowest BCUT2D eigenvalue weighted by Gasteiger charge is -2.41. The third-order valence-corrected chi connectivity index (χ3v) is 5.44. The summed E-state index contributed by atoms with van der Waals surface area (Å²) in [6.07, 6.45) is -5.53. The fraction of sp³-hybridized carbons (Fsp3) is 0.320. The van der Waals surface area contributed by atoms with Crippen LogP contribution in [0.25, 0.3) is 6.08 Å². The number of carbonyl (C=O) groups is 3. The summed E-state index contributed by atoms with van der Waals surface area (Å²) in [6, 6.07) is 6.08. The van der Waals surface area contributed by atoms with Gasteiger partial charge in [0.1, 0.15) is 24.9 Å². The first kappa shape index (κ1) is 28.2. The van der Waals surface area contributed by atoms with Crippen molar-refractivity contribution in [1.82, 2.24) is 0 Å². The maximum Gasteiger partial charge on any atom is 0.303 e. The molecule has 204 valence electrons. The van der Waals surface area contributed by atoms with E-state index in [1.54, 1.807) is 0 Å². The second-order valence-electron chi connectivity index (χ2n) is 8.27. The number of aromatic hydroxyl groups is 4. The number of rotatable bonds is 8. The van der Waals surface area contributed by atoms with Crippen LogP contribution in [-0.4, -0.2) is 85.7 Å². The number of carbonyl (C=O) groups excluding carboxylic acids is 3. The highest BCUT2D eigenvalue weighted by atomic mass is 16.7. The summed E-state index contributed by atoms with van der Waals surface area (Å²) >= 11 is 0. The minimum atomic E-state index is -1.81. The molecule has 1 heterocycles. The molecule has 3 rings (SSSR count). The summed E-state index contributed by atoms with van der Waals surface area (Å²) in [4.78, 5) is 35.2. The number of phenols is 4. The smallest absolute Gasteiger partial charge is 0.303 e. The van der Waals surface area contributed by atoms with Crippen LogP contribution in [0.5, 0.6) is 28.7 Å². The molecule has 6 N–H and O–H groups in total. The number of hydrogen-bond donors (Lipinski definition) is 6. The number of allylic oxidation sites excluding steroid dienone is 1. The van der Waals surface area contributed by atoms with Crippen molar-refractivity contribution >= 4 is 23.8 Å². The summed E-state index contributed by atoms with van der Waals surface area (Å²) in [6.45, 7) is 1.72. The molecule has 13 nitrogen and oxygen atoms in total. The Morgan fingerprint density at radius 3 is 2.26 bits per heavy atom. The van der Waals surface area contributed by atoms with E-state index in [1.165, 1.54) is 24.3 Å². The van der Waals surface area contributed by atoms with Gasteiger partial charge in [0.15, 0.2) is 34.9 Å². The third-order valence-electron chi connectivity index (χ3n) is 5.44. The maximum absolute atomic E-state index is 12.5. The molecule has 1 aliphatic heterocycles. The molecule has 0 aromatic heterocycles. The van der Waals surface area contributed by atoms with Gasteiger partial charge >= 0.3 is 11.9 Å². The van der Waals surface area contributed by atoms with E-state index in [1.807, 2.05) is 0 Å². The van der Waals surface area contributed by atoms with Gasteiger partial charge in [0.05, 0.1) is 5.56 Å². The number of ketones is 1. The lowest BCUT2D eigenvalue weighted by Crippen LogP contribution is -2.61. The summed E-state index contributed by atoms with van der Waals surface area (Å²) in [7, 11) is 0. The Hall–Kier alpha value is -4.33. The Morgan fingerprint density at radius 2 is 1.63 bits per heavy atom. The van der Waals surface area contributed by atoms with Gasteiger partial charge < -0.3 is 49.6 Å². The van der Waals surface area contributed by atoms with E-state index < -0.39 is 78.0 Å². The van der Waals surface area contributed by atoms with E-state index in [9.17, 15) is 45.0 Å². The Morgan fingerprint density at radius 1 is 0.921 bits per heavy atom. The maximum atomic E-state index is 12.5. The molecule has 0 spiro atoms. The normalized spacial score (nSPS) is 23.1. The van der Waals surface area contributed by atoms with E-state index in [0.29, 0.717) is 5.56 Å². The molecule has 1 saturated heterocycles. The molecule has 0 bridgehead atoms. The number of hydrogen-bond acceptors (Lipinski definition) is 13. The van der Waals surface area contributed by atoms with Crippen molar-refractivity contribution in [3.63, 3.8) is 0 Å². The molecule has 2 aromatic carbocycles. The molecular weight excluding hydrogens is 508 g/mol. The van der Waals surface area contributed by atoms with Crippen LogP contribution in [-0.2, 0) is 23.8 Å². The van der Waals surface area contributed by atoms with Gasteiger partial charge in [-0.25, -0.2) is 0 Å². The fourth-order valence-corrected chi connectivity index (χ4v) is 3.56. The fourth-order valence-electron chi connectivity index (χ4n) is 3.56. The molecule has 0 radical (unpaired) electrons. The second kappa shape index (κ2) is 11.8. The van der Waals surface area contributed by atoms with Gasteiger partial charge in [0, 0.05) is 13.8 Å². The molecule has 2 aromatic rings. The lowest BCUT2D eigenvalue weighted by atomic mass is 9.99. The number of aliphatic hydroxyl groups is 2. The highest BCUT2D eigenvalue weighted by Crippen LogP contribution is 2.40. The standard InChI is InChI=1S/C25H26O13/c1-11(26)35-10-19-24(36-12(2)27)22(33)23(34)25(38-19)37-18-8-5-14(20(31)21(18)32)15(28)6-3-13-4-7-16(29)17(30)9-13/h3-9,19,22-25,29-34H,10H2,1-2H3/b6-3+/t19?,22-,23?,24-,25-/m1/s1. The van der Waals surface area contributed by atoms with Crippen molar-refractivity contribution in [2.45, 2.75) is 44.6 Å². The zero-order valence-electron chi connectivity index (χ0n) is 20.2. The monoisotopic (exact) mass is 534 g/mol. The lowest BCUT2D eigenvalue weighted by molar-refractivity contribution is -0.282. The number of esters is 2. The Balaban J connectivity index is 1.79. The minimum Gasteiger partial charge on any atom is -0.504 e. The van der Waals surface area contributed by atoms with Crippen molar-refractivity contribution in [1.29, 1.82) is 0 Å². The Kier molecular flexibility index (Phi) is 8.78. The zero-order chi connectivity index (χ0) is 28.1. The highest BCUT2D eigenvalue weighted by molar-refractivity contribution is 6.09. The quantitative estimate of drug-likeness (QED) is 0.120. The molecule has 5 atom stereocenters. The second-order valence-corrected chi connectivity index (χ2v) is 8.27. The SMILES string of the molecule is CC(=O)OCC1O[C@@H](Oc2ccc(C(=O)/C=C/c3ccc(O)c(O)c3)c(O)c2O)C(O)[C@@H](O)[C@@H]1OC(C)=O. The molecule has 13 heteroatoms. The number of ether oxygens (including phenoxy) is 4. The first-order valence-electron chi connectivity index (χ1n) is 11.2. The molecule has 2 unspecified atom stereocenters. The van der Waals surface area contributed by atoms with Crippen molar-refractivity contribution in [2.24, 2.45) is 0 Å². The van der Waals surface area contributed by atoms with Crippen LogP contribution >= 0.6 is 0 Å². The predicted octanol–water partition coefficient (Wildman–Crippen LogP) is 0.725. The van der Waals surface area contributed by atoms with Gasteiger partial charge in [-0.2, -0.15) is 0 Å². The van der Waals surface area contributed by atoms with Crippen molar-refractivity contribution in [2.75, 3.05) is 6.61 Å².